The Hall–Kier alpha value is -1.09. The molecule has 0 saturated heterocycles. The normalized spacial score (nSPS) is 19.4. The van der Waals surface area contributed by atoms with E-state index in [4.69, 9.17) is 0 Å². The van der Waals surface area contributed by atoms with Crippen LogP contribution >= 0.6 is 0 Å². The Bertz CT molecular complexity index is 216. The molecule has 0 bridgehead atoms. The molecule has 0 saturated carbocycles. The molecule has 0 fully saturated rings. The van der Waals surface area contributed by atoms with Crippen molar-refractivity contribution in [1.82, 2.24) is 0 Å². The molecule has 0 nitrogen and oxygen atoms in total. The van der Waals surface area contributed by atoms with Crippen molar-refractivity contribution < 1.29 is 0 Å². The molecule has 0 amide bonds. The molecular weight excluding hydrogens is 84.1 g/mol. The van der Waals surface area contributed by atoms with Crippen molar-refractivity contribution in [2.45, 2.75) is 0 Å². The largest absolute Gasteiger partial charge is 0.119 e. The molecule has 0 aliphatic heterocycles. The number of hydrogen-bond donors (Lipinski definition) is 0. The molecule has 0 unspecified atom stereocenters. The molecule has 0 aromatic carbocycles. The van der Waals surface area contributed by atoms with E-state index in [1.165, 1.54) is 5.57 Å². The Morgan fingerprint density at radius 3 is 3.29 bits per heavy atom. The molecule has 0 heteroatoms. The van der Waals surface area contributed by atoms with Gasteiger partial charge in [-0.2, -0.15) is 0 Å². The third-order valence-corrected chi connectivity index (χ3v) is 0.994. The van der Waals surface area contributed by atoms with Crippen molar-refractivity contribution in [1.29, 1.82) is 0 Å². The van der Waals surface area contributed by atoms with Crippen molar-refractivity contribution >= 4 is 0 Å². The van der Waals surface area contributed by atoms with Gasteiger partial charge in [0.2, 0.25) is 0 Å². The summed E-state index contributed by atoms with van der Waals surface area (Å²) in [6, 6.07) is 0. The number of fused-ring (bicyclic) bond motifs is 1. The molecule has 0 aromatic heterocycles. The summed E-state index contributed by atoms with van der Waals surface area (Å²) in [5.41, 5.74) is 5.19. The van der Waals surface area contributed by atoms with Crippen LogP contribution in [0.1, 0.15) is 0 Å². The first-order valence-corrected chi connectivity index (χ1v) is 2.15. The highest BCUT2D eigenvalue weighted by atomic mass is 14.1. The quantitative estimate of drug-likeness (QED) is 0.307. The molecule has 0 atom stereocenters. The minimum Gasteiger partial charge on any atom is -0.119 e. The minimum atomic E-state index is 1.12. The molecular formula is C7H2. The summed E-state index contributed by atoms with van der Waals surface area (Å²) in [6.07, 6.45) is 9.65. The average Bonchev–Trinajstić information content (AvgIpc) is 2.41. The topological polar surface area (TPSA) is 0 Å². The van der Waals surface area contributed by atoms with Crippen LogP contribution in [0.25, 0.3) is 0 Å². The molecule has 30 valence electrons. The van der Waals surface area contributed by atoms with E-state index in [1.807, 2.05) is 6.08 Å². The third-order valence-electron chi connectivity index (χ3n) is 0.994. The highest BCUT2D eigenvalue weighted by molar-refractivity contribution is 5.59. The third kappa shape index (κ3) is 0.293. The summed E-state index contributed by atoms with van der Waals surface area (Å²) >= 11 is 0. The van der Waals surface area contributed by atoms with E-state index in [0.29, 0.717) is 0 Å². The van der Waals surface area contributed by atoms with Gasteiger partial charge in [-0.25, -0.2) is 0 Å². The molecule has 0 spiro atoms. The van der Waals surface area contributed by atoms with E-state index < -0.39 is 0 Å². The fourth-order valence-corrected chi connectivity index (χ4v) is 0.564. The van der Waals surface area contributed by atoms with Gasteiger partial charge in [0.25, 0.3) is 0 Å². The van der Waals surface area contributed by atoms with Gasteiger partial charge < -0.3 is 0 Å². The zero-order valence-electron chi connectivity index (χ0n) is 3.65. The maximum absolute atomic E-state index is 3.00. The van der Waals surface area contributed by atoms with E-state index in [0.717, 1.165) is 5.57 Å². The molecule has 0 N–H and O–H groups in total. The van der Waals surface area contributed by atoms with Crippen LogP contribution in [0.4, 0.5) is 0 Å². The Labute approximate surface area is 42.2 Å². The predicted octanol–water partition coefficient (Wildman–Crippen LogP) is 1.18. The number of rotatable bonds is 0. The maximum Gasteiger partial charge on any atom is 0.0413 e. The van der Waals surface area contributed by atoms with Gasteiger partial charge in [-0.05, 0) is 12.2 Å². The molecule has 2 aliphatic rings. The van der Waals surface area contributed by atoms with Crippen LogP contribution in [0.5, 0.6) is 0 Å². The van der Waals surface area contributed by atoms with E-state index in [1.54, 1.807) is 6.08 Å². The second-order valence-corrected chi connectivity index (χ2v) is 1.51. The Morgan fingerprint density at radius 1 is 1.71 bits per heavy atom. The number of hydrogen-bond acceptors (Lipinski definition) is 0. The van der Waals surface area contributed by atoms with Crippen LogP contribution in [0.15, 0.2) is 29.0 Å². The molecule has 2 rings (SSSR count). The summed E-state index contributed by atoms with van der Waals surface area (Å²) in [7, 11) is 0. The Balaban J connectivity index is 2.64. The SMILES string of the molecule is C1=C[C-]=C2[C+]=C2C=1. The van der Waals surface area contributed by atoms with Crippen molar-refractivity contribution in [2.24, 2.45) is 0 Å². The first-order chi connectivity index (χ1) is 3.47. The first-order valence-electron chi connectivity index (χ1n) is 2.15. The standard InChI is InChI=1S/C7H2/c1-2-4-7-5-6(7)3-1/h1,4H. The van der Waals surface area contributed by atoms with Crippen LogP contribution < -0.4 is 0 Å². The molecule has 0 heterocycles. The molecule has 0 aromatic rings. The zero-order valence-corrected chi connectivity index (χ0v) is 3.65. The van der Waals surface area contributed by atoms with E-state index in [9.17, 15) is 0 Å². The fourth-order valence-electron chi connectivity index (χ4n) is 0.564. The van der Waals surface area contributed by atoms with Crippen LogP contribution in [-0.4, -0.2) is 0 Å². The van der Waals surface area contributed by atoms with E-state index in [-0.39, 0.29) is 0 Å². The maximum atomic E-state index is 3.00. The lowest BCUT2D eigenvalue weighted by Crippen LogP contribution is -1.59. The lowest BCUT2D eigenvalue weighted by molar-refractivity contribution is 1.72. The molecule has 7 heavy (non-hydrogen) atoms. The second kappa shape index (κ2) is 0.764. The van der Waals surface area contributed by atoms with Crippen LogP contribution in [-0.2, 0) is 0 Å². The summed E-state index contributed by atoms with van der Waals surface area (Å²) in [5.74, 6) is 0. The average molecular weight is 86.1 g/mol. The fraction of sp³-hybridized carbons (Fsp3) is 0. The smallest absolute Gasteiger partial charge is 0.0413 e. The summed E-state index contributed by atoms with van der Waals surface area (Å²) < 4.78 is 0. The van der Waals surface area contributed by atoms with Gasteiger partial charge >= 0.3 is 0 Å². The van der Waals surface area contributed by atoms with Gasteiger partial charge in [-0.1, -0.05) is 0 Å². The van der Waals surface area contributed by atoms with Gasteiger partial charge in [0, 0.05) is 17.2 Å². The summed E-state index contributed by atoms with van der Waals surface area (Å²) in [4.78, 5) is 0. The summed E-state index contributed by atoms with van der Waals surface area (Å²) in [6.45, 7) is 0. The highest BCUT2D eigenvalue weighted by Gasteiger charge is 2.14. The van der Waals surface area contributed by atoms with E-state index >= 15 is 0 Å². The van der Waals surface area contributed by atoms with Crippen molar-refractivity contribution in [3.63, 3.8) is 0 Å². The zero-order chi connectivity index (χ0) is 4.69. The Kier molecular flexibility index (Phi) is 0.326. The van der Waals surface area contributed by atoms with Crippen LogP contribution in [0.2, 0.25) is 0 Å². The Morgan fingerprint density at radius 2 is 2.71 bits per heavy atom. The van der Waals surface area contributed by atoms with Crippen molar-refractivity contribution in [3.8, 4) is 0 Å². The van der Waals surface area contributed by atoms with Gasteiger partial charge in [0.15, 0.2) is 0 Å². The molecule has 0 radical (unpaired) electrons. The van der Waals surface area contributed by atoms with Gasteiger partial charge in [0.05, 0.1) is 0 Å². The lowest BCUT2D eigenvalue weighted by atomic mass is 10.3. The van der Waals surface area contributed by atoms with Gasteiger partial charge in [0.1, 0.15) is 0 Å². The van der Waals surface area contributed by atoms with Crippen LogP contribution in [0.3, 0.4) is 0 Å². The summed E-state index contributed by atoms with van der Waals surface area (Å²) in [5, 5.41) is 0. The van der Waals surface area contributed by atoms with Gasteiger partial charge in [-0.3, -0.25) is 0 Å². The second-order valence-electron chi connectivity index (χ2n) is 1.51. The molecule has 2 aliphatic carbocycles. The van der Waals surface area contributed by atoms with Crippen molar-refractivity contribution in [3.05, 3.63) is 41.2 Å². The van der Waals surface area contributed by atoms with Gasteiger partial charge in [-0.15, -0.1) is 11.8 Å². The minimum absolute atomic E-state index is 1.12. The monoisotopic (exact) mass is 86.0 g/mol. The number of allylic oxidation sites excluding steroid dienone is 5. The lowest BCUT2D eigenvalue weighted by Gasteiger charge is -1.73. The highest BCUT2D eigenvalue weighted by Crippen LogP contribution is 2.27. The van der Waals surface area contributed by atoms with E-state index in [2.05, 4.69) is 17.9 Å². The first kappa shape index (κ1) is 2.98. The predicted molar refractivity (Wildman–Crippen MR) is 26.2 cm³/mol. The van der Waals surface area contributed by atoms with Crippen LogP contribution in [0, 0.1) is 12.2 Å². The van der Waals surface area contributed by atoms with Crippen molar-refractivity contribution in [2.75, 3.05) is 0 Å².